The van der Waals surface area contributed by atoms with E-state index >= 15 is 4.39 Å². The van der Waals surface area contributed by atoms with Crippen LogP contribution in [0.15, 0.2) is 47.3 Å². The highest BCUT2D eigenvalue weighted by Crippen LogP contribution is 2.35. The van der Waals surface area contributed by atoms with E-state index < -0.39 is 18.1 Å². The van der Waals surface area contributed by atoms with Crippen molar-refractivity contribution in [3.8, 4) is 22.7 Å². The molecule has 0 bridgehead atoms. The Hall–Kier alpha value is -3.52. The molecule has 1 N–H and O–H groups in total. The molecule has 4 rings (SSSR count). The van der Waals surface area contributed by atoms with Gasteiger partial charge in [0.2, 0.25) is 0 Å². The Labute approximate surface area is 184 Å². The van der Waals surface area contributed by atoms with Gasteiger partial charge >= 0.3 is 5.69 Å². The highest BCUT2D eigenvalue weighted by molar-refractivity contribution is 5.88. The number of para-hydroxylation sites is 1. The standard InChI is InChI=1S/C24H25FN4O3/c1-5-28-23(13-30)27-29(24(28)31)21-11-17-16(14(2)3)10-19(26-20(17)12-18(21)25)15-8-6-7-9-22(15)32-4/h6-12,14,30H,5,13H2,1-4H3. The van der Waals surface area contributed by atoms with Crippen LogP contribution in [-0.4, -0.2) is 31.5 Å². The summed E-state index contributed by atoms with van der Waals surface area (Å²) in [5, 5.41) is 14.4. The van der Waals surface area contributed by atoms with Gasteiger partial charge in [-0.3, -0.25) is 4.57 Å². The Morgan fingerprint density at radius 1 is 1.19 bits per heavy atom. The summed E-state index contributed by atoms with van der Waals surface area (Å²) in [6, 6.07) is 12.5. The van der Waals surface area contributed by atoms with Gasteiger partial charge < -0.3 is 9.84 Å². The zero-order chi connectivity index (χ0) is 23.0. The molecule has 7 nitrogen and oxygen atoms in total. The van der Waals surface area contributed by atoms with Crippen molar-refractivity contribution in [3.63, 3.8) is 0 Å². The molecule has 2 aromatic carbocycles. The topological polar surface area (TPSA) is 82.2 Å². The number of rotatable bonds is 6. The number of fused-ring (bicyclic) bond motifs is 1. The molecule has 0 radical (unpaired) electrons. The summed E-state index contributed by atoms with van der Waals surface area (Å²) in [5.41, 5.74) is 2.46. The second-order valence-electron chi connectivity index (χ2n) is 7.79. The fraction of sp³-hybridized carbons (Fsp3) is 0.292. The quantitative estimate of drug-likeness (QED) is 0.493. The lowest BCUT2D eigenvalue weighted by Gasteiger charge is -2.15. The van der Waals surface area contributed by atoms with E-state index in [0.717, 1.165) is 21.2 Å². The second-order valence-corrected chi connectivity index (χ2v) is 7.79. The summed E-state index contributed by atoms with van der Waals surface area (Å²) < 4.78 is 23.0. The number of ether oxygens (including phenoxy) is 1. The lowest BCUT2D eigenvalue weighted by atomic mass is 9.95. The maximum absolute atomic E-state index is 15.2. The Kier molecular flexibility index (Phi) is 5.80. The molecule has 0 saturated carbocycles. The number of methoxy groups -OCH3 is 1. The SMILES string of the molecule is CCn1c(CO)nn(-c2cc3c(C(C)C)cc(-c4ccccc4OC)nc3cc2F)c1=O. The van der Waals surface area contributed by atoms with E-state index in [2.05, 4.69) is 5.10 Å². The van der Waals surface area contributed by atoms with Crippen molar-refractivity contribution < 1.29 is 14.2 Å². The zero-order valence-electron chi connectivity index (χ0n) is 18.5. The molecule has 0 atom stereocenters. The molecular weight excluding hydrogens is 411 g/mol. The number of pyridine rings is 1. The first kappa shape index (κ1) is 21.7. The van der Waals surface area contributed by atoms with Crippen LogP contribution in [0.1, 0.15) is 38.1 Å². The molecule has 2 heterocycles. The Morgan fingerprint density at radius 2 is 1.94 bits per heavy atom. The Balaban J connectivity index is 1.98. The van der Waals surface area contributed by atoms with Crippen LogP contribution in [0.5, 0.6) is 5.75 Å². The number of hydrogen-bond acceptors (Lipinski definition) is 5. The van der Waals surface area contributed by atoms with Gasteiger partial charge in [-0.25, -0.2) is 14.2 Å². The average molecular weight is 436 g/mol. The third-order valence-corrected chi connectivity index (χ3v) is 5.54. The minimum absolute atomic E-state index is 0.0261. The van der Waals surface area contributed by atoms with Crippen molar-refractivity contribution in [2.24, 2.45) is 0 Å². The summed E-state index contributed by atoms with van der Waals surface area (Å²) in [7, 11) is 1.60. The molecule has 0 fully saturated rings. The lowest BCUT2D eigenvalue weighted by molar-refractivity contribution is 0.264. The maximum atomic E-state index is 15.2. The number of halogens is 1. The highest BCUT2D eigenvalue weighted by Gasteiger charge is 2.20. The minimum Gasteiger partial charge on any atom is -0.496 e. The van der Waals surface area contributed by atoms with Crippen molar-refractivity contribution >= 4 is 10.9 Å². The predicted molar refractivity (Wildman–Crippen MR) is 121 cm³/mol. The molecule has 0 aliphatic carbocycles. The fourth-order valence-electron chi connectivity index (χ4n) is 3.92. The van der Waals surface area contributed by atoms with Gasteiger partial charge in [0.1, 0.15) is 18.0 Å². The van der Waals surface area contributed by atoms with Gasteiger partial charge in [-0.2, -0.15) is 4.68 Å². The van der Waals surface area contributed by atoms with Crippen LogP contribution < -0.4 is 10.4 Å². The van der Waals surface area contributed by atoms with Gasteiger partial charge in [0, 0.05) is 23.6 Å². The third kappa shape index (κ3) is 3.56. The number of aliphatic hydroxyl groups is 1. The molecule has 0 spiro atoms. The molecule has 0 aliphatic rings. The van der Waals surface area contributed by atoms with E-state index in [4.69, 9.17) is 9.72 Å². The summed E-state index contributed by atoms with van der Waals surface area (Å²) >= 11 is 0. The summed E-state index contributed by atoms with van der Waals surface area (Å²) in [6.07, 6.45) is 0. The minimum atomic E-state index is -0.621. The molecule has 4 aromatic rings. The van der Waals surface area contributed by atoms with Crippen LogP contribution in [0.2, 0.25) is 0 Å². The van der Waals surface area contributed by atoms with Crippen LogP contribution in [0.25, 0.3) is 27.8 Å². The van der Waals surface area contributed by atoms with Gasteiger partial charge in [0.25, 0.3) is 0 Å². The molecule has 32 heavy (non-hydrogen) atoms. The summed E-state index contributed by atoms with van der Waals surface area (Å²) in [5.74, 6) is 0.361. The van der Waals surface area contributed by atoms with Crippen LogP contribution in [0.3, 0.4) is 0 Å². The highest BCUT2D eigenvalue weighted by atomic mass is 19.1. The van der Waals surface area contributed by atoms with Gasteiger partial charge in [0.05, 0.1) is 18.3 Å². The van der Waals surface area contributed by atoms with Crippen LogP contribution in [-0.2, 0) is 13.2 Å². The average Bonchev–Trinajstić information content (AvgIpc) is 3.12. The first-order chi connectivity index (χ1) is 15.4. The molecule has 0 unspecified atom stereocenters. The second kappa shape index (κ2) is 8.55. The van der Waals surface area contributed by atoms with E-state index in [1.165, 1.54) is 10.6 Å². The lowest BCUT2D eigenvalue weighted by Crippen LogP contribution is -2.24. The van der Waals surface area contributed by atoms with Crippen molar-refractivity contribution in [1.82, 2.24) is 19.3 Å². The molecule has 166 valence electrons. The maximum Gasteiger partial charge on any atom is 0.350 e. The predicted octanol–water partition coefficient (Wildman–Crippen LogP) is 4.03. The number of hydrogen-bond donors (Lipinski definition) is 1. The number of nitrogens with zero attached hydrogens (tertiary/aromatic N) is 4. The van der Waals surface area contributed by atoms with Crippen molar-refractivity contribution in [2.75, 3.05) is 7.11 Å². The Morgan fingerprint density at radius 3 is 2.56 bits per heavy atom. The number of benzene rings is 2. The summed E-state index contributed by atoms with van der Waals surface area (Å²) in [6.45, 7) is 5.78. The monoisotopic (exact) mass is 436 g/mol. The van der Waals surface area contributed by atoms with Crippen LogP contribution >= 0.6 is 0 Å². The number of aromatic nitrogens is 4. The van der Waals surface area contributed by atoms with Crippen LogP contribution in [0.4, 0.5) is 4.39 Å². The Bertz CT molecular complexity index is 1360. The van der Waals surface area contributed by atoms with Crippen molar-refractivity contribution in [2.45, 2.75) is 39.8 Å². The normalized spacial score (nSPS) is 11.5. The smallest absolute Gasteiger partial charge is 0.350 e. The first-order valence-corrected chi connectivity index (χ1v) is 10.5. The van der Waals surface area contributed by atoms with E-state index in [-0.39, 0.29) is 17.4 Å². The molecular formula is C24H25FN4O3. The molecule has 2 aromatic heterocycles. The van der Waals surface area contributed by atoms with Crippen LogP contribution in [0, 0.1) is 5.82 Å². The fourth-order valence-corrected chi connectivity index (χ4v) is 3.92. The van der Waals surface area contributed by atoms with E-state index in [9.17, 15) is 9.90 Å². The molecule has 0 amide bonds. The number of aliphatic hydroxyl groups excluding tert-OH is 1. The zero-order valence-corrected chi connectivity index (χ0v) is 18.5. The van der Waals surface area contributed by atoms with Gasteiger partial charge in [-0.15, -0.1) is 5.10 Å². The molecule has 0 saturated heterocycles. The van der Waals surface area contributed by atoms with Crippen molar-refractivity contribution in [1.29, 1.82) is 0 Å². The van der Waals surface area contributed by atoms with Gasteiger partial charge in [0.15, 0.2) is 11.6 Å². The van der Waals surface area contributed by atoms with Gasteiger partial charge in [-0.1, -0.05) is 26.0 Å². The van der Waals surface area contributed by atoms with E-state index in [0.29, 0.717) is 23.5 Å². The van der Waals surface area contributed by atoms with Gasteiger partial charge in [-0.05, 0) is 42.7 Å². The first-order valence-electron chi connectivity index (χ1n) is 10.5. The third-order valence-electron chi connectivity index (χ3n) is 5.54. The molecule has 8 heteroatoms. The largest absolute Gasteiger partial charge is 0.496 e. The van der Waals surface area contributed by atoms with E-state index in [1.807, 2.05) is 44.2 Å². The van der Waals surface area contributed by atoms with E-state index in [1.54, 1.807) is 20.1 Å². The molecule has 0 aliphatic heterocycles. The summed E-state index contributed by atoms with van der Waals surface area (Å²) in [4.78, 5) is 17.5. The van der Waals surface area contributed by atoms with Crippen molar-refractivity contribution in [3.05, 3.63) is 70.2 Å².